The molecule has 0 amide bonds. The van der Waals surface area contributed by atoms with Crippen LogP contribution in [0.25, 0.3) is 0 Å². The van der Waals surface area contributed by atoms with Gasteiger partial charge in [-0.1, -0.05) is 6.42 Å². The van der Waals surface area contributed by atoms with Crippen LogP contribution in [0.5, 0.6) is 0 Å². The summed E-state index contributed by atoms with van der Waals surface area (Å²) in [5.74, 6) is 5.41. The number of thioether (sulfide) groups is 2. The molecule has 1 heterocycles. The predicted octanol–water partition coefficient (Wildman–Crippen LogP) is 2.62. The van der Waals surface area contributed by atoms with Gasteiger partial charge in [-0.15, -0.1) is 0 Å². The molecule has 0 aromatic heterocycles. The highest BCUT2D eigenvalue weighted by atomic mass is 32.2. The van der Waals surface area contributed by atoms with Crippen LogP contribution in [0.1, 0.15) is 25.7 Å². The summed E-state index contributed by atoms with van der Waals surface area (Å²) in [6, 6.07) is 0. The topological polar surface area (TPSA) is 12.0 Å². The lowest BCUT2D eigenvalue weighted by molar-refractivity contribution is 0.638. The van der Waals surface area contributed by atoms with Gasteiger partial charge in [0.15, 0.2) is 0 Å². The van der Waals surface area contributed by atoms with Gasteiger partial charge in [0.05, 0.1) is 0 Å². The standard InChI is InChI=1S/C10H21NS2/c1-2-5-11-6-10-13-9-4-8-12-7-3-1/h11H,1-10H2. The fourth-order valence-corrected chi connectivity index (χ4v) is 3.35. The number of hydrogen-bond donors (Lipinski definition) is 1. The Hall–Kier alpha value is 0.660. The van der Waals surface area contributed by atoms with Crippen LogP contribution in [-0.4, -0.2) is 36.1 Å². The summed E-state index contributed by atoms with van der Waals surface area (Å²) in [6.07, 6.45) is 5.59. The summed E-state index contributed by atoms with van der Waals surface area (Å²) in [4.78, 5) is 0. The summed E-state index contributed by atoms with van der Waals surface area (Å²) >= 11 is 4.24. The van der Waals surface area contributed by atoms with Gasteiger partial charge in [-0.3, -0.25) is 0 Å². The van der Waals surface area contributed by atoms with Crippen molar-refractivity contribution < 1.29 is 0 Å². The Morgan fingerprint density at radius 3 is 2.31 bits per heavy atom. The third-order valence-corrected chi connectivity index (χ3v) is 4.37. The van der Waals surface area contributed by atoms with Gasteiger partial charge in [0, 0.05) is 12.3 Å². The van der Waals surface area contributed by atoms with Crippen LogP contribution in [0.2, 0.25) is 0 Å². The average Bonchev–Trinajstić information content (AvgIpc) is 2.18. The monoisotopic (exact) mass is 219 g/mol. The second kappa shape index (κ2) is 9.22. The zero-order valence-electron chi connectivity index (χ0n) is 8.39. The van der Waals surface area contributed by atoms with E-state index in [1.165, 1.54) is 61.8 Å². The van der Waals surface area contributed by atoms with E-state index in [4.69, 9.17) is 0 Å². The zero-order valence-corrected chi connectivity index (χ0v) is 10.0. The van der Waals surface area contributed by atoms with Crippen molar-refractivity contribution in [3.8, 4) is 0 Å². The summed E-state index contributed by atoms with van der Waals surface area (Å²) in [7, 11) is 0. The molecule has 1 saturated heterocycles. The maximum Gasteiger partial charge on any atom is 0.00581 e. The maximum absolute atomic E-state index is 3.50. The van der Waals surface area contributed by atoms with Crippen LogP contribution < -0.4 is 5.32 Å². The van der Waals surface area contributed by atoms with E-state index >= 15 is 0 Å². The fraction of sp³-hybridized carbons (Fsp3) is 1.00. The summed E-state index contributed by atoms with van der Waals surface area (Å²) in [6.45, 7) is 2.43. The molecule has 1 aliphatic rings. The normalized spacial score (nSPS) is 24.0. The smallest absolute Gasteiger partial charge is 0.00581 e. The van der Waals surface area contributed by atoms with Crippen molar-refractivity contribution in [1.29, 1.82) is 0 Å². The first-order valence-corrected chi connectivity index (χ1v) is 7.67. The molecule has 0 aromatic rings. The van der Waals surface area contributed by atoms with Gasteiger partial charge in [-0.2, -0.15) is 23.5 Å². The first kappa shape index (κ1) is 11.7. The Kier molecular flexibility index (Phi) is 8.33. The van der Waals surface area contributed by atoms with Crippen LogP contribution in [-0.2, 0) is 0 Å². The molecule has 0 radical (unpaired) electrons. The van der Waals surface area contributed by atoms with Crippen molar-refractivity contribution in [3.05, 3.63) is 0 Å². The Balaban J connectivity index is 2.01. The van der Waals surface area contributed by atoms with Crippen molar-refractivity contribution >= 4 is 23.5 Å². The quantitative estimate of drug-likeness (QED) is 0.673. The molecule has 0 spiro atoms. The lowest BCUT2D eigenvalue weighted by Gasteiger charge is -2.02. The fourth-order valence-electron chi connectivity index (χ4n) is 1.37. The highest BCUT2D eigenvalue weighted by Crippen LogP contribution is 2.10. The molecule has 0 saturated carbocycles. The molecule has 1 aliphatic heterocycles. The predicted molar refractivity (Wildman–Crippen MR) is 66.0 cm³/mol. The Morgan fingerprint density at radius 2 is 1.38 bits per heavy atom. The maximum atomic E-state index is 3.50. The van der Waals surface area contributed by atoms with Crippen molar-refractivity contribution in [2.75, 3.05) is 36.1 Å². The third kappa shape index (κ3) is 7.71. The first-order chi connectivity index (χ1) is 6.50. The summed E-state index contributed by atoms with van der Waals surface area (Å²) < 4.78 is 0. The van der Waals surface area contributed by atoms with E-state index in [-0.39, 0.29) is 0 Å². The van der Waals surface area contributed by atoms with Crippen molar-refractivity contribution in [2.45, 2.75) is 25.7 Å². The minimum Gasteiger partial charge on any atom is -0.316 e. The molecule has 0 aromatic carbocycles. The minimum atomic E-state index is 1.21. The molecule has 1 N–H and O–H groups in total. The molecule has 0 unspecified atom stereocenters. The van der Waals surface area contributed by atoms with Crippen LogP contribution in [0.15, 0.2) is 0 Å². The van der Waals surface area contributed by atoms with Gasteiger partial charge in [-0.25, -0.2) is 0 Å². The third-order valence-electron chi connectivity index (χ3n) is 2.14. The average molecular weight is 219 g/mol. The van der Waals surface area contributed by atoms with Gasteiger partial charge < -0.3 is 5.32 Å². The molecule has 1 fully saturated rings. The largest absolute Gasteiger partial charge is 0.316 e. The molecule has 0 bridgehead atoms. The Bertz CT molecular complexity index is 61.0. The highest BCUT2D eigenvalue weighted by Gasteiger charge is 1.95. The molecular weight excluding hydrogens is 198 g/mol. The minimum absolute atomic E-state index is 1.21. The van der Waals surface area contributed by atoms with Gasteiger partial charge in [0.25, 0.3) is 0 Å². The first-order valence-electron chi connectivity index (χ1n) is 5.36. The van der Waals surface area contributed by atoms with Gasteiger partial charge in [0.1, 0.15) is 0 Å². The molecule has 78 valence electrons. The van der Waals surface area contributed by atoms with Crippen molar-refractivity contribution in [3.63, 3.8) is 0 Å². The summed E-state index contributed by atoms with van der Waals surface area (Å²) in [5.41, 5.74) is 0. The highest BCUT2D eigenvalue weighted by molar-refractivity contribution is 8.00. The second-order valence-electron chi connectivity index (χ2n) is 3.39. The molecule has 0 atom stereocenters. The Morgan fingerprint density at radius 1 is 0.615 bits per heavy atom. The van der Waals surface area contributed by atoms with Gasteiger partial charge >= 0.3 is 0 Å². The van der Waals surface area contributed by atoms with E-state index in [2.05, 4.69) is 28.8 Å². The number of rotatable bonds is 0. The van der Waals surface area contributed by atoms with Crippen LogP contribution in [0.4, 0.5) is 0 Å². The van der Waals surface area contributed by atoms with E-state index in [9.17, 15) is 0 Å². The molecule has 1 rings (SSSR count). The van der Waals surface area contributed by atoms with Crippen LogP contribution in [0.3, 0.4) is 0 Å². The van der Waals surface area contributed by atoms with E-state index < -0.39 is 0 Å². The van der Waals surface area contributed by atoms with E-state index in [1.807, 2.05) is 0 Å². The van der Waals surface area contributed by atoms with Gasteiger partial charge in [-0.05, 0) is 43.1 Å². The van der Waals surface area contributed by atoms with Crippen LogP contribution in [0, 0.1) is 0 Å². The number of nitrogens with one attached hydrogen (secondary N) is 1. The molecule has 3 heteroatoms. The van der Waals surface area contributed by atoms with Crippen molar-refractivity contribution in [1.82, 2.24) is 5.32 Å². The molecule has 1 nitrogen and oxygen atoms in total. The van der Waals surface area contributed by atoms with Gasteiger partial charge in [0.2, 0.25) is 0 Å². The van der Waals surface area contributed by atoms with E-state index in [0.717, 1.165) is 0 Å². The molecule has 13 heavy (non-hydrogen) atoms. The lowest BCUT2D eigenvalue weighted by Crippen LogP contribution is -2.18. The SMILES string of the molecule is C1CCNCCSCCCSCC1. The number of hydrogen-bond acceptors (Lipinski definition) is 3. The Labute approximate surface area is 90.8 Å². The van der Waals surface area contributed by atoms with E-state index in [1.54, 1.807) is 0 Å². The van der Waals surface area contributed by atoms with E-state index in [0.29, 0.717) is 0 Å². The van der Waals surface area contributed by atoms with Crippen LogP contribution >= 0.6 is 23.5 Å². The molecular formula is C10H21NS2. The van der Waals surface area contributed by atoms with Crippen molar-refractivity contribution in [2.24, 2.45) is 0 Å². The summed E-state index contributed by atoms with van der Waals surface area (Å²) in [5, 5.41) is 3.50. The molecule has 0 aliphatic carbocycles. The zero-order chi connectivity index (χ0) is 9.19. The lowest BCUT2D eigenvalue weighted by atomic mass is 10.2. The second-order valence-corrected chi connectivity index (χ2v) is 5.84.